The number of hydrazine groups is 1. The first-order valence-electron chi connectivity index (χ1n) is 9.57. The second-order valence-electron chi connectivity index (χ2n) is 7.13. The minimum absolute atomic E-state index is 0.0415. The molecule has 0 aromatic heterocycles. The van der Waals surface area contributed by atoms with Gasteiger partial charge in [-0.2, -0.15) is 12.8 Å². The van der Waals surface area contributed by atoms with Gasteiger partial charge in [0.1, 0.15) is 17.4 Å². The minimum atomic E-state index is -3.94. The minimum Gasteiger partial charge on any atom is -0.497 e. The predicted octanol–water partition coefficient (Wildman–Crippen LogP) is 3.37. The number of nitrogens with zero attached hydrogens (tertiary/aromatic N) is 1. The van der Waals surface area contributed by atoms with Crippen molar-refractivity contribution in [1.29, 1.82) is 0 Å². The highest BCUT2D eigenvalue weighted by atomic mass is 32.2. The van der Waals surface area contributed by atoms with Crippen molar-refractivity contribution >= 4 is 27.3 Å². The number of anilines is 2. The summed E-state index contributed by atoms with van der Waals surface area (Å²) in [4.78, 5) is 12.4. The molecule has 0 radical (unpaired) electrons. The Kier molecular flexibility index (Phi) is 5.81. The van der Waals surface area contributed by atoms with Crippen molar-refractivity contribution in [2.45, 2.75) is 17.9 Å². The van der Waals surface area contributed by atoms with Gasteiger partial charge >= 0.3 is 0 Å². The summed E-state index contributed by atoms with van der Waals surface area (Å²) in [5.41, 5.74) is 4.46. The Morgan fingerprint density at radius 1 is 1.09 bits per heavy atom. The first-order chi connectivity index (χ1) is 15.3. The Labute approximate surface area is 183 Å². The van der Waals surface area contributed by atoms with E-state index in [-0.39, 0.29) is 23.4 Å². The second-order valence-corrected chi connectivity index (χ2v) is 8.92. The lowest BCUT2D eigenvalue weighted by Gasteiger charge is -2.20. The Hall–Kier alpha value is -3.50. The van der Waals surface area contributed by atoms with Gasteiger partial charge in [0.15, 0.2) is 0 Å². The Bertz CT molecular complexity index is 1280. The number of hydrogen-bond acceptors (Lipinski definition) is 5. The van der Waals surface area contributed by atoms with Crippen LogP contribution in [0, 0.1) is 11.6 Å². The maximum Gasteiger partial charge on any atom is 0.277 e. The van der Waals surface area contributed by atoms with Gasteiger partial charge in [0, 0.05) is 24.4 Å². The number of sulfonamides is 1. The van der Waals surface area contributed by atoms with Crippen LogP contribution >= 0.6 is 0 Å². The summed E-state index contributed by atoms with van der Waals surface area (Å²) in [5.74, 6) is -1.63. The van der Waals surface area contributed by atoms with E-state index in [0.717, 1.165) is 28.2 Å². The van der Waals surface area contributed by atoms with Crippen LogP contribution < -0.4 is 19.9 Å². The molecule has 3 aromatic rings. The van der Waals surface area contributed by atoms with Gasteiger partial charge in [0.05, 0.1) is 24.1 Å². The van der Waals surface area contributed by atoms with E-state index in [0.29, 0.717) is 17.1 Å². The fourth-order valence-electron chi connectivity index (χ4n) is 3.41. The highest BCUT2D eigenvalue weighted by molar-refractivity contribution is 7.92. The zero-order valence-electron chi connectivity index (χ0n) is 16.9. The first-order valence-corrected chi connectivity index (χ1v) is 11.0. The average molecular weight is 459 g/mol. The van der Waals surface area contributed by atoms with Crippen molar-refractivity contribution in [2.24, 2.45) is 0 Å². The number of methoxy groups -OCH3 is 1. The quantitative estimate of drug-likeness (QED) is 0.590. The van der Waals surface area contributed by atoms with Gasteiger partial charge in [-0.3, -0.25) is 4.79 Å². The van der Waals surface area contributed by atoms with E-state index >= 15 is 0 Å². The molecule has 0 bridgehead atoms. The summed E-state index contributed by atoms with van der Waals surface area (Å²) in [6.45, 7) is 0.287. The number of hydrogen-bond donors (Lipinski definition) is 2. The maximum atomic E-state index is 13.3. The van der Waals surface area contributed by atoms with Crippen molar-refractivity contribution < 1.29 is 26.7 Å². The van der Waals surface area contributed by atoms with Gasteiger partial charge in [-0.1, -0.05) is 12.1 Å². The van der Waals surface area contributed by atoms with Gasteiger partial charge < -0.3 is 10.1 Å². The molecule has 0 saturated carbocycles. The number of fused-ring (bicyclic) bond motifs is 1. The SMILES string of the molecule is COc1cccc(S(=O)(=O)N2NCc3ccc(NC(=O)Cc4cc(F)cc(F)c4)cc32)c1. The third-order valence-corrected chi connectivity index (χ3v) is 6.52. The van der Waals surface area contributed by atoms with E-state index in [9.17, 15) is 22.0 Å². The molecule has 1 amide bonds. The average Bonchev–Trinajstić information content (AvgIpc) is 3.17. The summed E-state index contributed by atoms with van der Waals surface area (Å²) in [5, 5.41) is 2.64. The molecule has 0 saturated heterocycles. The normalized spacial score (nSPS) is 13.0. The lowest BCUT2D eigenvalue weighted by Crippen LogP contribution is -2.38. The Morgan fingerprint density at radius 2 is 1.84 bits per heavy atom. The Morgan fingerprint density at radius 3 is 2.56 bits per heavy atom. The molecular weight excluding hydrogens is 440 g/mol. The van der Waals surface area contributed by atoms with E-state index in [1.807, 2.05) is 0 Å². The summed E-state index contributed by atoms with van der Waals surface area (Å²) in [6, 6.07) is 13.8. The number of carbonyl (C=O) groups is 1. The van der Waals surface area contributed by atoms with Gasteiger partial charge in [-0.05, 0) is 47.5 Å². The molecule has 7 nitrogen and oxygen atoms in total. The summed E-state index contributed by atoms with van der Waals surface area (Å²) >= 11 is 0. The molecule has 1 aliphatic heterocycles. The van der Waals surface area contributed by atoms with Gasteiger partial charge in [-0.25, -0.2) is 14.2 Å². The highest BCUT2D eigenvalue weighted by Gasteiger charge is 2.31. The van der Waals surface area contributed by atoms with Crippen LogP contribution in [0.25, 0.3) is 0 Å². The topological polar surface area (TPSA) is 87.7 Å². The van der Waals surface area contributed by atoms with Crippen molar-refractivity contribution in [3.05, 3.63) is 83.4 Å². The molecule has 0 spiro atoms. The Balaban J connectivity index is 1.56. The number of benzene rings is 3. The zero-order valence-corrected chi connectivity index (χ0v) is 17.7. The van der Waals surface area contributed by atoms with Crippen LogP contribution in [-0.4, -0.2) is 21.4 Å². The fourth-order valence-corrected chi connectivity index (χ4v) is 4.80. The number of rotatable bonds is 6. The van der Waals surface area contributed by atoms with Crippen LogP contribution in [0.5, 0.6) is 5.75 Å². The third kappa shape index (κ3) is 4.41. The van der Waals surface area contributed by atoms with Crippen LogP contribution in [0.3, 0.4) is 0 Å². The molecule has 10 heteroatoms. The van der Waals surface area contributed by atoms with Crippen LogP contribution in [-0.2, 0) is 27.8 Å². The molecule has 0 unspecified atom stereocenters. The van der Waals surface area contributed by atoms with Gasteiger partial charge in [-0.15, -0.1) is 0 Å². The lowest BCUT2D eigenvalue weighted by atomic mass is 10.1. The van der Waals surface area contributed by atoms with E-state index in [1.54, 1.807) is 24.3 Å². The standard InChI is InChI=1S/C22H19F2N3O4S/c1-31-19-3-2-4-20(12-19)32(29,30)27-21-11-18(6-5-15(21)13-25-27)26-22(28)9-14-7-16(23)10-17(24)8-14/h2-8,10-12,25H,9,13H2,1H3,(H,26,28). The molecule has 4 rings (SSSR count). The van der Waals surface area contributed by atoms with Crippen molar-refractivity contribution in [3.8, 4) is 5.75 Å². The van der Waals surface area contributed by atoms with E-state index in [1.165, 1.54) is 25.3 Å². The number of halogens is 2. The third-order valence-electron chi connectivity index (χ3n) is 4.87. The highest BCUT2D eigenvalue weighted by Crippen LogP contribution is 2.33. The summed E-state index contributed by atoms with van der Waals surface area (Å²) in [6.07, 6.45) is -0.240. The molecule has 1 aliphatic rings. The van der Waals surface area contributed by atoms with Crippen molar-refractivity contribution in [3.63, 3.8) is 0 Å². The molecule has 3 aromatic carbocycles. The van der Waals surface area contributed by atoms with Crippen molar-refractivity contribution in [2.75, 3.05) is 16.8 Å². The summed E-state index contributed by atoms with van der Waals surface area (Å²) < 4.78 is 59.2. The maximum absolute atomic E-state index is 13.3. The number of ether oxygens (including phenoxy) is 1. The first kappa shape index (κ1) is 21.7. The van der Waals surface area contributed by atoms with Crippen LogP contribution in [0.4, 0.5) is 20.2 Å². The predicted molar refractivity (Wildman–Crippen MR) is 115 cm³/mol. The van der Waals surface area contributed by atoms with E-state index < -0.39 is 27.6 Å². The number of amides is 1. The molecule has 32 heavy (non-hydrogen) atoms. The smallest absolute Gasteiger partial charge is 0.277 e. The monoisotopic (exact) mass is 459 g/mol. The molecule has 0 atom stereocenters. The zero-order chi connectivity index (χ0) is 22.9. The number of nitrogens with one attached hydrogen (secondary N) is 2. The second kappa shape index (κ2) is 8.56. The molecular formula is C22H19F2N3O4S. The lowest BCUT2D eigenvalue weighted by molar-refractivity contribution is -0.115. The molecule has 2 N–H and O–H groups in total. The molecule has 166 valence electrons. The van der Waals surface area contributed by atoms with E-state index in [4.69, 9.17) is 4.74 Å². The van der Waals surface area contributed by atoms with Crippen LogP contribution in [0.1, 0.15) is 11.1 Å². The number of carbonyl (C=O) groups excluding carboxylic acids is 1. The van der Waals surface area contributed by atoms with Crippen LogP contribution in [0.15, 0.2) is 65.6 Å². The van der Waals surface area contributed by atoms with Crippen molar-refractivity contribution in [1.82, 2.24) is 5.43 Å². The molecule has 1 heterocycles. The van der Waals surface area contributed by atoms with Crippen LogP contribution in [0.2, 0.25) is 0 Å². The van der Waals surface area contributed by atoms with E-state index in [2.05, 4.69) is 10.7 Å². The molecule has 0 fully saturated rings. The fraction of sp³-hybridized carbons (Fsp3) is 0.136. The summed E-state index contributed by atoms with van der Waals surface area (Å²) in [7, 11) is -2.50. The largest absolute Gasteiger partial charge is 0.497 e. The van der Waals surface area contributed by atoms with Gasteiger partial charge in [0.2, 0.25) is 5.91 Å². The molecule has 0 aliphatic carbocycles. The van der Waals surface area contributed by atoms with Gasteiger partial charge in [0.25, 0.3) is 10.0 Å².